The number of rotatable bonds is 10. The molecule has 0 radical (unpaired) electrons. The van der Waals surface area contributed by atoms with Gasteiger partial charge in [0.15, 0.2) is 0 Å². The van der Waals surface area contributed by atoms with Gasteiger partial charge in [-0.15, -0.1) is 29.7 Å². The van der Waals surface area contributed by atoms with Gasteiger partial charge in [0.25, 0.3) is 6.33 Å². The minimum atomic E-state index is -1.59. The van der Waals surface area contributed by atoms with Crippen molar-refractivity contribution in [3.8, 4) is 50.9 Å². The van der Waals surface area contributed by atoms with Crippen LogP contribution in [-0.2, 0) is 33.9 Å². The van der Waals surface area contributed by atoms with Gasteiger partial charge >= 0.3 is 0 Å². The first kappa shape index (κ1) is 39.3. The van der Waals surface area contributed by atoms with Crippen LogP contribution < -0.4 is 9.30 Å². The van der Waals surface area contributed by atoms with Crippen LogP contribution in [-0.4, -0.2) is 14.1 Å². The molecular formula is C57H48N4OPt-2. The molecule has 0 fully saturated rings. The van der Waals surface area contributed by atoms with Gasteiger partial charge in [0.05, 0.1) is 16.7 Å². The van der Waals surface area contributed by atoms with E-state index in [4.69, 9.17) is 12.5 Å². The topological polar surface area (TPSA) is 35.9 Å². The third-order valence-electron chi connectivity index (χ3n) is 11.1. The fourth-order valence-corrected chi connectivity index (χ4v) is 8.55. The molecule has 0 N–H and O–H groups in total. The Morgan fingerprint density at radius 3 is 2.06 bits per heavy atom. The van der Waals surface area contributed by atoms with Crippen LogP contribution in [0.5, 0.6) is 11.5 Å². The van der Waals surface area contributed by atoms with Gasteiger partial charge in [-0.1, -0.05) is 155 Å². The minimum Gasteiger partial charge on any atom is -0.510 e. The zero-order valence-electron chi connectivity index (χ0n) is 38.0. The van der Waals surface area contributed by atoms with E-state index in [1.807, 2.05) is 67.8 Å². The van der Waals surface area contributed by atoms with Gasteiger partial charge in [0, 0.05) is 47.0 Å². The summed E-state index contributed by atoms with van der Waals surface area (Å²) in [5, 5.41) is 2.10. The Morgan fingerprint density at radius 2 is 1.35 bits per heavy atom. The van der Waals surface area contributed by atoms with Crippen molar-refractivity contribution in [2.24, 2.45) is 11.3 Å². The first-order chi connectivity index (χ1) is 30.9. The zero-order chi connectivity index (χ0) is 44.2. The number of para-hydroxylation sites is 3. The zero-order valence-corrected chi connectivity index (χ0v) is 38.2. The standard InChI is InChI=1S/C57H48N4O.Pt/c1-39(2)32-40-26-29-51-50(33-40)49-28-27-46(36-54(49)61(51)55-34-41(30-31-58-55)37-57(3,4)5)62-45-21-14-20-44(35-45)59-38-60(53-25-13-12-24-52(53)59)56-47(42-16-8-6-9-17-42)22-15-23-48(56)43-18-10-7-11-19-43;/h6-31,33-34,39H,32,37H2,1-5H3;/q-2;/i37D2;. The Morgan fingerprint density at radius 1 is 0.667 bits per heavy atom. The molecule has 0 amide bonds. The van der Waals surface area contributed by atoms with E-state index in [9.17, 15) is 0 Å². The van der Waals surface area contributed by atoms with E-state index < -0.39 is 11.8 Å². The molecular weight excluding hydrogens is 952 g/mol. The number of fused-ring (bicyclic) bond motifs is 4. The summed E-state index contributed by atoms with van der Waals surface area (Å²) in [6, 6.07) is 63.2. The van der Waals surface area contributed by atoms with E-state index in [1.165, 1.54) is 5.56 Å². The average molecular weight is 1000 g/mol. The summed E-state index contributed by atoms with van der Waals surface area (Å²) in [6.45, 7) is 10.2. The summed E-state index contributed by atoms with van der Waals surface area (Å²) in [4.78, 5) is 4.82. The van der Waals surface area contributed by atoms with E-state index in [1.54, 1.807) is 12.3 Å². The van der Waals surface area contributed by atoms with Crippen LogP contribution in [0.3, 0.4) is 0 Å². The van der Waals surface area contributed by atoms with Gasteiger partial charge in [0.2, 0.25) is 0 Å². The molecule has 0 saturated carbocycles. The summed E-state index contributed by atoms with van der Waals surface area (Å²) in [7, 11) is 0. The van der Waals surface area contributed by atoms with Gasteiger partial charge in [-0.2, -0.15) is 18.2 Å². The van der Waals surface area contributed by atoms with Crippen molar-refractivity contribution >= 4 is 32.8 Å². The molecule has 0 atom stereocenters. The quantitative estimate of drug-likeness (QED) is 0.101. The summed E-state index contributed by atoms with van der Waals surface area (Å²) >= 11 is 0. The van der Waals surface area contributed by atoms with Crippen LogP contribution in [0.4, 0.5) is 0 Å². The van der Waals surface area contributed by atoms with Crippen LogP contribution in [0.1, 0.15) is 48.5 Å². The van der Waals surface area contributed by atoms with Crippen molar-refractivity contribution in [1.82, 2.24) is 14.1 Å². The van der Waals surface area contributed by atoms with E-state index in [0.717, 1.165) is 72.9 Å². The van der Waals surface area contributed by atoms with Gasteiger partial charge in [0.1, 0.15) is 5.82 Å². The van der Waals surface area contributed by atoms with E-state index in [2.05, 4.69) is 157 Å². The van der Waals surface area contributed by atoms with Crippen LogP contribution in [0.15, 0.2) is 170 Å². The maximum Gasteiger partial charge on any atom is 0.268 e. The molecule has 314 valence electrons. The number of benzene rings is 7. The molecule has 7 aromatic carbocycles. The van der Waals surface area contributed by atoms with Gasteiger partial charge in [-0.05, 0) is 86.8 Å². The molecule has 0 saturated heterocycles. The van der Waals surface area contributed by atoms with E-state index >= 15 is 0 Å². The molecule has 0 aliphatic heterocycles. The molecule has 0 spiro atoms. The largest absolute Gasteiger partial charge is 0.510 e. The second-order valence-corrected chi connectivity index (χ2v) is 17.3. The number of nitrogens with zero attached hydrogens (tertiary/aromatic N) is 4. The summed E-state index contributed by atoms with van der Waals surface area (Å²) in [5.41, 5.74) is 11.2. The van der Waals surface area contributed by atoms with Crippen LogP contribution in [0.2, 0.25) is 0 Å². The van der Waals surface area contributed by atoms with E-state index in [-0.39, 0.29) is 21.1 Å². The minimum absolute atomic E-state index is 0. The maximum atomic E-state index is 9.07. The number of ether oxygens (including phenoxy) is 1. The summed E-state index contributed by atoms with van der Waals surface area (Å²) < 4.78 is 31.1. The fraction of sp³-hybridized carbons (Fsp3) is 0.158. The number of hydrogen-bond donors (Lipinski definition) is 0. The monoisotopic (exact) mass is 1000 g/mol. The molecule has 0 bridgehead atoms. The Hall–Kier alpha value is -6.55. The van der Waals surface area contributed by atoms with Gasteiger partial charge in [-0.3, -0.25) is 4.57 Å². The Balaban J connectivity index is 0.00000533. The molecule has 63 heavy (non-hydrogen) atoms. The Bertz CT molecular complexity index is 3270. The Kier molecular flexibility index (Phi) is 10.8. The van der Waals surface area contributed by atoms with Crippen molar-refractivity contribution in [2.75, 3.05) is 0 Å². The first-order valence-electron chi connectivity index (χ1n) is 22.3. The summed E-state index contributed by atoms with van der Waals surface area (Å²) in [6.07, 6.45) is 4.81. The number of pyridine rings is 1. The smallest absolute Gasteiger partial charge is 0.268 e. The molecule has 0 aliphatic rings. The van der Waals surface area contributed by atoms with Crippen LogP contribution >= 0.6 is 0 Å². The SMILES string of the molecule is [2H]C([2H])(c1ccnc(-n2c3[c-]c(Oc4[c-]c(-n5[c-][n+](-c6c(-c7ccccc7)cccc6-c6ccccc6)c6ccccc65)ccc4)ccc3c3cc(CC(C)C)ccc32)c1)C(C)(C)C.[Pt]. The molecule has 6 heteroatoms. The second-order valence-electron chi connectivity index (χ2n) is 17.3. The van der Waals surface area contributed by atoms with E-state index in [0.29, 0.717) is 28.8 Å². The second kappa shape index (κ2) is 17.3. The van der Waals surface area contributed by atoms with Crippen LogP contribution in [0, 0.1) is 29.8 Å². The third kappa shape index (κ3) is 8.38. The van der Waals surface area contributed by atoms with Crippen LogP contribution in [0.25, 0.3) is 72.3 Å². The number of aromatic nitrogens is 4. The van der Waals surface area contributed by atoms with Crippen molar-refractivity contribution in [2.45, 2.75) is 47.4 Å². The van der Waals surface area contributed by atoms with Gasteiger partial charge in [-0.25, -0.2) is 4.98 Å². The first-order valence-corrected chi connectivity index (χ1v) is 21.3. The molecule has 0 unspecified atom stereocenters. The maximum absolute atomic E-state index is 9.07. The molecule has 0 aliphatic carbocycles. The average Bonchev–Trinajstić information content (AvgIpc) is 3.84. The molecule has 5 nitrogen and oxygen atoms in total. The van der Waals surface area contributed by atoms with Crippen molar-refractivity contribution in [1.29, 1.82) is 0 Å². The Labute approximate surface area is 387 Å². The third-order valence-corrected chi connectivity index (χ3v) is 11.1. The van der Waals surface area contributed by atoms with Gasteiger partial charge < -0.3 is 13.9 Å². The predicted octanol–water partition coefficient (Wildman–Crippen LogP) is 13.7. The normalized spacial score (nSPS) is 12.4. The molecule has 3 aromatic heterocycles. The van der Waals surface area contributed by atoms with Crippen molar-refractivity contribution in [3.05, 3.63) is 200 Å². The number of hydrogen-bond acceptors (Lipinski definition) is 2. The molecule has 10 aromatic rings. The molecule has 3 heterocycles. The van der Waals surface area contributed by atoms with Crippen molar-refractivity contribution in [3.63, 3.8) is 0 Å². The summed E-state index contributed by atoms with van der Waals surface area (Å²) in [5.74, 6) is 2.18. The molecule has 10 rings (SSSR count). The van der Waals surface area contributed by atoms with Crippen molar-refractivity contribution < 1.29 is 33.1 Å². The fourth-order valence-electron chi connectivity index (χ4n) is 8.55. The predicted molar refractivity (Wildman–Crippen MR) is 253 cm³/mol. The number of imidazole rings is 1.